The van der Waals surface area contributed by atoms with E-state index in [1.807, 2.05) is 25.3 Å². The van der Waals surface area contributed by atoms with Crippen molar-refractivity contribution in [3.05, 3.63) is 12.2 Å². The van der Waals surface area contributed by atoms with Crippen LogP contribution in [-0.4, -0.2) is 20.9 Å². The molecule has 0 aliphatic carbocycles. The first kappa shape index (κ1) is 8.20. The second kappa shape index (κ2) is 3.48. The highest BCUT2D eigenvalue weighted by molar-refractivity contribution is 4.78. The van der Waals surface area contributed by atoms with Crippen LogP contribution < -0.4 is 0 Å². The van der Waals surface area contributed by atoms with E-state index in [0.717, 1.165) is 5.82 Å². The number of ether oxygens (including phenoxy) is 1. The van der Waals surface area contributed by atoms with Crippen molar-refractivity contribution in [2.45, 2.75) is 33.6 Å². The van der Waals surface area contributed by atoms with Crippen LogP contribution in [0.25, 0.3) is 0 Å². The molecule has 0 unspecified atom stereocenters. The Bertz CT molecular complexity index is 219. The molecule has 0 atom stereocenters. The number of aromatic nitrogens is 3. The molecule has 0 fully saturated rings. The van der Waals surface area contributed by atoms with Gasteiger partial charge in [-0.25, -0.2) is 0 Å². The average molecular weight is 155 g/mol. The highest BCUT2D eigenvalue weighted by Gasteiger charge is 1.98. The highest BCUT2D eigenvalue weighted by atomic mass is 16.5. The van der Waals surface area contributed by atoms with Gasteiger partial charge in [0.05, 0.1) is 6.10 Å². The molecule has 4 nitrogen and oxygen atoms in total. The molecule has 0 aromatic carbocycles. The fourth-order valence-corrected chi connectivity index (χ4v) is 0.669. The van der Waals surface area contributed by atoms with Crippen LogP contribution in [0.15, 0.2) is 6.33 Å². The fourth-order valence-electron chi connectivity index (χ4n) is 0.669. The molecule has 0 spiro atoms. The molecule has 0 bridgehead atoms. The maximum Gasteiger partial charge on any atom is 0.131 e. The summed E-state index contributed by atoms with van der Waals surface area (Å²) in [6.45, 7) is 6.44. The van der Waals surface area contributed by atoms with E-state index >= 15 is 0 Å². The number of nitrogens with zero attached hydrogens (tertiary/aromatic N) is 3. The Kier molecular flexibility index (Phi) is 2.59. The van der Waals surface area contributed by atoms with Crippen molar-refractivity contribution in [2.75, 3.05) is 0 Å². The van der Waals surface area contributed by atoms with Crippen LogP contribution in [-0.2, 0) is 11.5 Å². The Morgan fingerprint density at radius 2 is 2.36 bits per heavy atom. The zero-order chi connectivity index (χ0) is 8.27. The first-order valence-electron chi connectivity index (χ1n) is 3.66. The molecule has 1 rings (SSSR count). The van der Waals surface area contributed by atoms with Gasteiger partial charge >= 0.3 is 0 Å². The summed E-state index contributed by atoms with van der Waals surface area (Å²) in [5.74, 6) is 0.880. The minimum Gasteiger partial charge on any atom is -0.358 e. The molecule has 1 aromatic heterocycles. The maximum absolute atomic E-state index is 5.35. The average Bonchev–Trinajstić information content (AvgIpc) is 2.31. The third kappa shape index (κ3) is 2.31. The van der Waals surface area contributed by atoms with Gasteiger partial charge in [0.1, 0.15) is 18.9 Å². The van der Waals surface area contributed by atoms with Crippen LogP contribution in [0.3, 0.4) is 0 Å². The van der Waals surface area contributed by atoms with E-state index in [2.05, 4.69) is 10.2 Å². The second-order valence-corrected chi connectivity index (χ2v) is 2.69. The van der Waals surface area contributed by atoms with Crippen molar-refractivity contribution in [2.24, 2.45) is 0 Å². The van der Waals surface area contributed by atoms with E-state index in [-0.39, 0.29) is 6.10 Å². The lowest BCUT2D eigenvalue weighted by molar-refractivity contribution is 0.0274. The van der Waals surface area contributed by atoms with Crippen LogP contribution in [0.4, 0.5) is 0 Å². The molecule has 0 radical (unpaired) electrons. The van der Waals surface area contributed by atoms with Crippen LogP contribution in [0.2, 0.25) is 0 Å². The summed E-state index contributed by atoms with van der Waals surface area (Å²) in [4.78, 5) is 0. The predicted molar refractivity (Wildman–Crippen MR) is 41.0 cm³/mol. The van der Waals surface area contributed by atoms with Crippen LogP contribution in [0.1, 0.15) is 19.7 Å². The summed E-state index contributed by atoms with van der Waals surface area (Å²) in [5, 5.41) is 7.56. The minimum atomic E-state index is 0.247. The van der Waals surface area contributed by atoms with Crippen LogP contribution in [0.5, 0.6) is 0 Å². The number of rotatable bonds is 3. The number of aryl methyl sites for hydroxylation is 1. The smallest absolute Gasteiger partial charge is 0.131 e. The van der Waals surface area contributed by atoms with Crippen molar-refractivity contribution < 1.29 is 4.74 Å². The van der Waals surface area contributed by atoms with E-state index in [9.17, 15) is 0 Å². The maximum atomic E-state index is 5.35. The van der Waals surface area contributed by atoms with Gasteiger partial charge in [-0.15, -0.1) is 10.2 Å². The first-order valence-corrected chi connectivity index (χ1v) is 3.66. The topological polar surface area (TPSA) is 39.9 Å². The van der Waals surface area contributed by atoms with E-state index in [0.29, 0.717) is 6.73 Å². The fraction of sp³-hybridized carbons (Fsp3) is 0.714. The minimum absolute atomic E-state index is 0.247. The quantitative estimate of drug-likeness (QED) is 0.653. The Morgan fingerprint density at radius 1 is 1.64 bits per heavy atom. The molecule has 0 amide bonds. The molecule has 0 aliphatic rings. The molecule has 1 heterocycles. The molecule has 0 saturated heterocycles. The van der Waals surface area contributed by atoms with Crippen LogP contribution in [0, 0.1) is 6.92 Å². The molecule has 4 heteroatoms. The van der Waals surface area contributed by atoms with Crippen LogP contribution >= 0.6 is 0 Å². The lowest BCUT2D eigenvalue weighted by Gasteiger charge is -2.07. The van der Waals surface area contributed by atoms with Gasteiger partial charge < -0.3 is 4.74 Å². The summed E-state index contributed by atoms with van der Waals surface area (Å²) in [6, 6.07) is 0. The molecule has 0 N–H and O–H groups in total. The summed E-state index contributed by atoms with van der Waals surface area (Å²) in [6.07, 6.45) is 1.91. The highest BCUT2D eigenvalue weighted by Crippen LogP contribution is 1.95. The van der Waals surface area contributed by atoms with Crippen molar-refractivity contribution in [1.29, 1.82) is 0 Å². The Hall–Kier alpha value is -0.900. The summed E-state index contributed by atoms with van der Waals surface area (Å²) >= 11 is 0. The van der Waals surface area contributed by atoms with Crippen molar-refractivity contribution >= 4 is 0 Å². The SMILES string of the molecule is Cc1nncn1COC(C)C. The zero-order valence-corrected chi connectivity index (χ0v) is 7.11. The lowest BCUT2D eigenvalue weighted by atomic mass is 10.5. The standard InChI is InChI=1S/C7H13N3O/c1-6(2)11-5-10-4-8-9-7(10)3/h4,6H,5H2,1-3H3. The van der Waals surface area contributed by atoms with Gasteiger partial charge in [-0.3, -0.25) is 4.57 Å². The number of hydrogen-bond donors (Lipinski definition) is 0. The Balaban J connectivity index is 2.44. The second-order valence-electron chi connectivity index (χ2n) is 2.69. The van der Waals surface area contributed by atoms with E-state index in [1.165, 1.54) is 0 Å². The van der Waals surface area contributed by atoms with Crippen molar-refractivity contribution in [1.82, 2.24) is 14.8 Å². The molecule has 0 saturated carbocycles. The molecular weight excluding hydrogens is 142 g/mol. The molecule has 1 aromatic rings. The van der Waals surface area contributed by atoms with Gasteiger partial charge in [0, 0.05) is 0 Å². The third-order valence-corrected chi connectivity index (χ3v) is 1.36. The van der Waals surface area contributed by atoms with Crippen molar-refractivity contribution in [3.63, 3.8) is 0 Å². The summed E-state index contributed by atoms with van der Waals surface area (Å²) in [5.41, 5.74) is 0. The van der Waals surface area contributed by atoms with E-state index in [4.69, 9.17) is 4.74 Å². The van der Waals surface area contributed by atoms with Gasteiger partial charge in [0.2, 0.25) is 0 Å². The normalized spacial score (nSPS) is 10.9. The predicted octanol–water partition coefficient (Wildman–Crippen LogP) is 0.969. The number of hydrogen-bond acceptors (Lipinski definition) is 3. The largest absolute Gasteiger partial charge is 0.358 e. The Labute approximate surface area is 66.2 Å². The van der Waals surface area contributed by atoms with Gasteiger partial charge in [-0.05, 0) is 20.8 Å². The first-order chi connectivity index (χ1) is 5.20. The van der Waals surface area contributed by atoms with Crippen molar-refractivity contribution in [3.8, 4) is 0 Å². The Morgan fingerprint density at radius 3 is 2.82 bits per heavy atom. The zero-order valence-electron chi connectivity index (χ0n) is 7.11. The lowest BCUT2D eigenvalue weighted by Crippen LogP contribution is -2.08. The molecular formula is C7H13N3O. The summed E-state index contributed by atoms with van der Waals surface area (Å²) in [7, 11) is 0. The van der Waals surface area contributed by atoms with Gasteiger partial charge in [0.25, 0.3) is 0 Å². The van der Waals surface area contributed by atoms with E-state index < -0.39 is 0 Å². The molecule has 62 valence electrons. The molecule has 11 heavy (non-hydrogen) atoms. The van der Waals surface area contributed by atoms with E-state index in [1.54, 1.807) is 6.33 Å². The van der Waals surface area contributed by atoms with Gasteiger partial charge in [0.15, 0.2) is 0 Å². The van der Waals surface area contributed by atoms with Gasteiger partial charge in [-0.2, -0.15) is 0 Å². The summed E-state index contributed by atoms with van der Waals surface area (Å²) < 4.78 is 7.21. The molecule has 0 aliphatic heterocycles. The third-order valence-electron chi connectivity index (χ3n) is 1.36. The monoisotopic (exact) mass is 155 g/mol. The van der Waals surface area contributed by atoms with Gasteiger partial charge in [-0.1, -0.05) is 0 Å².